The van der Waals surface area contributed by atoms with Crippen LogP contribution in [0.3, 0.4) is 0 Å². The molecule has 1 aliphatic carbocycles. The van der Waals surface area contributed by atoms with Crippen LogP contribution in [0.1, 0.15) is 32.1 Å². The average Bonchev–Trinajstić information content (AvgIpc) is 2.16. The van der Waals surface area contributed by atoms with Gasteiger partial charge >= 0.3 is 0 Å². The maximum Gasteiger partial charge on any atom is 0.194 e. The van der Waals surface area contributed by atoms with Crippen LogP contribution in [0.2, 0.25) is 0 Å². The summed E-state index contributed by atoms with van der Waals surface area (Å²) in [6.45, 7) is 0. The topological polar surface area (TPSA) is 62.4 Å². The summed E-state index contributed by atoms with van der Waals surface area (Å²) in [6.07, 6.45) is 7.71. The maximum atomic E-state index is 5.02. The van der Waals surface area contributed by atoms with E-state index in [2.05, 4.69) is 15.7 Å². The first-order valence-corrected chi connectivity index (χ1v) is 5.03. The highest BCUT2D eigenvalue weighted by molar-refractivity contribution is 7.80. The number of thiocarbonyl (C=S) groups is 1. The largest absolute Gasteiger partial charge is 0.358 e. The standard InChI is InChI=1S/C8H16N4S/c9-11-6-10-8(13)12-7-4-2-1-3-5-7/h6-7H,1-5,9H2,(H2,10,11,12,13). The number of aliphatic imine (C=N–C) groups is 1. The van der Waals surface area contributed by atoms with E-state index in [1.54, 1.807) is 0 Å². The minimum Gasteiger partial charge on any atom is -0.358 e. The molecule has 1 fully saturated rings. The van der Waals surface area contributed by atoms with Gasteiger partial charge in [-0.15, -0.1) is 0 Å². The van der Waals surface area contributed by atoms with E-state index in [0.29, 0.717) is 11.2 Å². The zero-order valence-electron chi connectivity index (χ0n) is 7.62. The summed E-state index contributed by atoms with van der Waals surface area (Å²) in [5, 5.41) is 3.71. The SMILES string of the molecule is NNC=NC(=S)NC1CCCCC1. The Morgan fingerprint density at radius 2 is 2.08 bits per heavy atom. The summed E-state index contributed by atoms with van der Waals surface area (Å²) in [4.78, 5) is 3.90. The maximum absolute atomic E-state index is 5.02. The van der Waals surface area contributed by atoms with Crippen molar-refractivity contribution in [3.63, 3.8) is 0 Å². The number of nitrogens with one attached hydrogen (secondary N) is 2. The molecule has 0 saturated heterocycles. The number of nitrogens with two attached hydrogens (primary N) is 1. The Kier molecular flexibility index (Phi) is 4.70. The van der Waals surface area contributed by atoms with Gasteiger partial charge in [0.25, 0.3) is 0 Å². The van der Waals surface area contributed by atoms with E-state index < -0.39 is 0 Å². The highest BCUT2D eigenvalue weighted by Crippen LogP contribution is 2.17. The second-order valence-corrected chi connectivity index (χ2v) is 3.60. The van der Waals surface area contributed by atoms with E-state index in [1.165, 1.54) is 38.4 Å². The third kappa shape index (κ3) is 4.19. The zero-order chi connectivity index (χ0) is 9.52. The molecule has 0 aromatic carbocycles. The monoisotopic (exact) mass is 200 g/mol. The van der Waals surface area contributed by atoms with Gasteiger partial charge in [0.15, 0.2) is 5.11 Å². The van der Waals surface area contributed by atoms with Crippen molar-refractivity contribution < 1.29 is 0 Å². The molecule has 13 heavy (non-hydrogen) atoms. The van der Waals surface area contributed by atoms with Crippen LogP contribution in [0.25, 0.3) is 0 Å². The number of hydrogen-bond donors (Lipinski definition) is 3. The fourth-order valence-electron chi connectivity index (χ4n) is 1.55. The second-order valence-electron chi connectivity index (χ2n) is 3.21. The first kappa shape index (κ1) is 10.4. The van der Waals surface area contributed by atoms with Gasteiger partial charge in [-0.3, -0.25) is 0 Å². The lowest BCUT2D eigenvalue weighted by Crippen LogP contribution is -2.34. The predicted octanol–water partition coefficient (Wildman–Crippen LogP) is 0.685. The molecular formula is C8H16N4S. The van der Waals surface area contributed by atoms with Gasteiger partial charge in [0.2, 0.25) is 0 Å². The lowest BCUT2D eigenvalue weighted by Gasteiger charge is -2.22. The first-order valence-electron chi connectivity index (χ1n) is 4.62. The minimum absolute atomic E-state index is 0.510. The zero-order valence-corrected chi connectivity index (χ0v) is 8.44. The van der Waals surface area contributed by atoms with Crippen LogP contribution < -0.4 is 16.6 Å². The Bertz CT molecular complexity index is 187. The lowest BCUT2D eigenvalue weighted by atomic mass is 9.96. The van der Waals surface area contributed by atoms with Gasteiger partial charge in [-0.25, -0.2) is 10.8 Å². The summed E-state index contributed by atoms with van der Waals surface area (Å²) in [6, 6.07) is 0.510. The molecule has 0 aromatic heterocycles. The van der Waals surface area contributed by atoms with Gasteiger partial charge in [-0.1, -0.05) is 19.3 Å². The third-order valence-corrected chi connectivity index (χ3v) is 2.41. The fraction of sp³-hybridized carbons (Fsp3) is 0.750. The van der Waals surface area contributed by atoms with E-state index >= 15 is 0 Å². The number of nitrogens with zero attached hydrogens (tertiary/aromatic N) is 1. The summed E-state index contributed by atoms with van der Waals surface area (Å²) in [5.41, 5.74) is 2.32. The van der Waals surface area contributed by atoms with Gasteiger partial charge < -0.3 is 10.7 Å². The molecule has 0 atom stereocenters. The summed E-state index contributed by atoms with van der Waals surface area (Å²) >= 11 is 5.00. The van der Waals surface area contributed by atoms with Gasteiger partial charge in [0.1, 0.15) is 6.34 Å². The first-order chi connectivity index (χ1) is 6.33. The quantitative estimate of drug-likeness (QED) is 0.202. The van der Waals surface area contributed by atoms with Gasteiger partial charge in [0, 0.05) is 6.04 Å². The smallest absolute Gasteiger partial charge is 0.194 e. The Balaban J connectivity index is 2.22. The van der Waals surface area contributed by atoms with Crippen molar-refractivity contribution in [2.45, 2.75) is 38.1 Å². The number of hydrogen-bond acceptors (Lipinski definition) is 2. The van der Waals surface area contributed by atoms with Crippen molar-refractivity contribution in [3.05, 3.63) is 0 Å². The van der Waals surface area contributed by atoms with Crippen molar-refractivity contribution >= 4 is 23.7 Å². The van der Waals surface area contributed by atoms with Gasteiger partial charge in [-0.05, 0) is 25.1 Å². The van der Waals surface area contributed by atoms with Crippen molar-refractivity contribution in [1.82, 2.24) is 10.7 Å². The molecule has 0 aromatic rings. The predicted molar refractivity (Wildman–Crippen MR) is 58.4 cm³/mol. The molecule has 0 unspecified atom stereocenters. The van der Waals surface area contributed by atoms with Crippen molar-refractivity contribution in [3.8, 4) is 0 Å². The molecule has 1 saturated carbocycles. The van der Waals surface area contributed by atoms with E-state index in [1.807, 2.05) is 0 Å². The lowest BCUT2D eigenvalue weighted by molar-refractivity contribution is 0.414. The Morgan fingerprint density at radius 3 is 2.69 bits per heavy atom. The van der Waals surface area contributed by atoms with Crippen LogP contribution in [0.5, 0.6) is 0 Å². The Labute approximate surface area is 84.0 Å². The average molecular weight is 200 g/mol. The third-order valence-electron chi connectivity index (χ3n) is 2.19. The molecule has 4 N–H and O–H groups in total. The highest BCUT2D eigenvalue weighted by atomic mass is 32.1. The molecular weight excluding hydrogens is 184 g/mol. The van der Waals surface area contributed by atoms with Crippen LogP contribution in [0.4, 0.5) is 0 Å². The van der Waals surface area contributed by atoms with Crippen molar-refractivity contribution in [2.24, 2.45) is 10.8 Å². The van der Waals surface area contributed by atoms with Crippen molar-refractivity contribution in [1.29, 1.82) is 0 Å². The number of rotatable bonds is 2. The molecule has 1 rings (SSSR count). The van der Waals surface area contributed by atoms with E-state index in [-0.39, 0.29) is 0 Å². The Morgan fingerprint density at radius 1 is 1.38 bits per heavy atom. The molecule has 0 spiro atoms. The number of hydrazine groups is 1. The summed E-state index contributed by atoms with van der Waals surface area (Å²) < 4.78 is 0. The fourth-order valence-corrected chi connectivity index (χ4v) is 1.77. The van der Waals surface area contributed by atoms with Crippen LogP contribution in [0, 0.1) is 0 Å². The molecule has 0 radical (unpaired) electrons. The molecule has 4 nitrogen and oxygen atoms in total. The Hall–Kier alpha value is -0.680. The van der Waals surface area contributed by atoms with Crippen LogP contribution in [-0.2, 0) is 0 Å². The van der Waals surface area contributed by atoms with Crippen LogP contribution >= 0.6 is 12.2 Å². The summed E-state index contributed by atoms with van der Waals surface area (Å²) in [7, 11) is 0. The molecule has 0 aliphatic heterocycles. The van der Waals surface area contributed by atoms with E-state index in [4.69, 9.17) is 18.1 Å². The minimum atomic E-state index is 0.510. The normalized spacial score (nSPS) is 18.8. The van der Waals surface area contributed by atoms with Gasteiger partial charge in [0.05, 0.1) is 0 Å². The second kappa shape index (κ2) is 5.88. The van der Waals surface area contributed by atoms with Gasteiger partial charge in [-0.2, -0.15) is 0 Å². The molecule has 0 bridgehead atoms. The molecule has 74 valence electrons. The summed E-state index contributed by atoms with van der Waals surface area (Å²) in [5.74, 6) is 5.02. The molecule has 0 amide bonds. The van der Waals surface area contributed by atoms with Crippen LogP contribution in [-0.4, -0.2) is 17.5 Å². The van der Waals surface area contributed by atoms with Crippen molar-refractivity contribution in [2.75, 3.05) is 0 Å². The molecule has 5 heteroatoms. The van der Waals surface area contributed by atoms with E-state index in [9.17, 15) is 0 Å². The highest BCUT2D eigenvalue weighted by Gasteiger charge is 2.12. The molecule has 0 heterocycles. The molecule has 1 aliphatic rings. The van der Waals surface area contributed by atoms with Crippen LogP contribution in [0.15, 0.2) is 4.99 Å². The van der Waals surface area contributed by atoms with E-state index in [0.717, 1.165) is 0 Å².